The van der Waals surface area contributed by atoms with Gasteiger partial charge in [0.2, 0.25) is 0 Å². The lowest BCUT2D eigenvalue weighted by atomic mass is 9.85. The van der Waals surface area contributed by atoms with Gasteiger partial charge in [-0.05, 0) is 38.6 Å². The third-order valence-corrected chi connectivity index (χ3v) is 4.85. The average Bonchev–Trinajstić information content (AvgIpc) is 2.66. The van der Waals surface area contributed by atoms with E-state index in [4.69, 9.17) is 0 Å². The van der Waals surface area contributed by atoms with Gasteiger partial charge < -0.3 is 5.32 Å². The van der Waals surface area contributed by atoms with Crippen molar-refractivity contribution in [3.63, 3.8) is 0 Å². The number of nitrogens with one attached hydrogen (secondary N) is 1. The van der Waals surface area contributed by atoms with Gasteiger partial charge in [0.1, 0.15) is 0 Å². The lowest BCUT2D eigenvalue weighted by Gasteiger charge is -2.45. The Morgan fingerprint density at radius 3 is 2.65 bits per heavy atom. The van der Waals surface area contributed by atoms with Gasteiger partial charge in [-0.2, -0.15) is 0 Å². The number of nitrogens with zero attached hydrogens (tertiary/aromatic N) is 1. The molecule has 2 heteroatoms. The number of hydrogen-bond acceptors (Lipinski definition) is 2. The molecule has 0 aromatic rings. The minimum Gasteiger partial charge on any atom is -0.312 e. The first-order valence-corrected chi connectivity index (χ1v) is 7.66. The van der Waals surface area contributed by atoms with E-state index < -0.39 is 0 Å². The summed E-state index contributed by atoms with van der Waals surface area (Å²) in [6, 6.07) is 0.784. The Morgan fingerprint density at radius 1 is 1.18 bits per heavy atom. The number of hydrogen-bond donors (Lipinski definition) is 1. The summed E-state index contributed by atoms with van der Waals surface area (Å²) in [5, 5.41) is 3.68. The maximum atomic E-state index is 3.68. The zero-order chi connectivity index (χ0) is 12.3. The van der Waals surface area contributed by atoms with E-state index in [2.05, 4.69) is 31.0 Å². The molecule has 100 valence electrons. The SMILES string of the molecule is CCCCC(C)(CCC)N1CC2CNC(C2)C1. The van der Waals surface area contributed by atoms with Crippen LogP contribution in [-0.2, 0) is 0 Å². The Hall–Kier alpha value is -0.0800. The van der Waals surface area contributed by atoms with Crippen LogP contribution in [0.4, 0.5) is 0 Å². The highest BCUT2D eigenvalue weighted by Gasteiger charge is 2.39. The van der Waals surface area contributed by atoms with E-state index in [1.165, 1.54) is 58.2 Å². The van der Waals surface area contributed by atoms with Crippen LogP contribution in [0.2, 0.25) is 0 Å². The molecule has 0 saturated carbocycles. The van der Waals surface area contributed by atoms with Gasteiger partial charge in [0.25, 0.3) is 0 Å². The third kappa shape index (κ3) is 3.03. The molecule has 2 aliphatic rings. The summed E-state index contributed by atoms with van der Waals surface area (Å²) in [6.07, 6.45) is 8.21. The van der Waals surface area contributed by atoms with Gasteiger partial charge in [0.15, 0.2) is 0 Å². The van der Waals surface area contributed by atoms with Crippen LogP contribution in [-0.4, -0.2) is 36.1 Å². The van der Waals surface area contributed by atoms with Crippen molar-refractivity contribution in [1.82, 2.24) is 10.2 Å². The predicted octanol–water partition coefficient (Wildman–Crippen LogP) is 3.03. The Kier molecular flexibility index (Phi) is 4.48. The molecule has 0 aromatic carbocycles. The van der Waals surface area contributed by atoms with Crippen molar-refractivity contribution in [2.45, 2.75) is 70.9 Å². The number of rotatable bonds is 6. The van der Waals surface area contributed by atoms with Crippen molar-refractivity contribution in [3.8, 4) is 0 Å². The second-order valence-electron chi connectivity index (χ2n) is 6.46. The van der Waals surface area contributed by atoms with E-state index in [-0.39, 0.29) is 0 Å². The van der Waals surface area contributed by atoms with Crippen molar-refractivity contribution in [3.05, 3.63) is 0 Å². The van der Waals surface area contributed by atoms with Crippen LogP contribution >= 0.6 is 0 Å². The van der Waals surface area contributed by atoms with Gasteiger partial charge in [-0.3, -0.25) is 4.90 Å². The lowest BCUT2D eigenvalue weighted by molar-refractivity contribution is 0.0469. The molecule has 2 heterocycles. The number of piperidine rings is 1. The number of fused-ring (bicyclic) bond motifs is 2. The van der Waals surface area contributed by atoms with E-state index >= 15 is 0 Å². The molecule has 2 aliphatic heterocycles. The van der Waals surface area contributed by atoms with Crippen LogP contribution in [0.25, 0.3) is 0 Å². The summed E-state index contributed by atoms with van der Waals surface area (Å²) in [6.45, 7) is 11.0. The third-order valence-electron chi connectivity index (χ3n) is 4.85. The van der Waals surface area contributed by atoms with E-state index in [1.54, 1.807) is 0 Å². The highest BCUT2D eigenvalue weighted by atomic mass is 15.2. The molecule has 0 aromatic heterocycles. The first kappa shape index (κ1) is 13.4. The predicted molar refractivity (Wildman–Crippen MR) is 74.3 cm³/mol. The van der Waals surface area contributed by atoms with Crippen LogP contribution in [0.15, 0.2) is 0 Å². The number of unbranched alkanes of at least 4 members (excludes halogenated alkanes) is 1. The minimum atomic E-state index is 0.466. The van der Waals surface area contributed by atoms with E-state index in [0.717, 1.165) is 12.0 Å². The Morgan fingerprint density at radius 2 is 2.00 bits per heavy atom. The van der Waals surface area contributed by atoms with Crippen molar-refractivity contribution in [2.24, 2.45) is 5.92 Å². The molecule has 17 heavy (non-hydrogen) atoms. The van der Waals surface area contributed by atoms with Gasteiger partial charge in [-0.15, -0.1) is 0 Å². The Labute approximate surface area is 107 Å². The largest absolute Gasteiger partial charge is 0.312 e. The van der Waals surface area contributed by atoms with E-state index in [1.807, 2.05) is 0 Å². The summed E-state index contributed by atoms with van der Waals surface area (Å²) in [4.78, 5) is 2.81. The molecule has 0 aliphatic carbocycles. The number of likely N-dealkylation sites (tertiary alicyclic amines) is 1. The molecule has 2 nitrogen and oxygen atoms in total. The highest BCUT2D eigenvalue weighted by Crippen LogP contribution is 2.33. The summed E-state index contributed by atoms with van der Waals surface area (Å²) < 4.78 is 0. The topological polar surface area (TPSA) is 15.3 Å². The monoisotopic (exact) mass is 238 g/mol. The van der Waals surface area contributed by atoms with Crippen LogP contribution in [0.3, 0.4) is 0 Å². The van der Waals surface area contributed by atoms with Crippen molar-refractivity contribution in [1.29, 1.82) is 0 Å². The average molecular weight is 238 g/mol. The van der Waals surface area contributed by atoms with Gasteiger partial charge in [0.05, 0.1) is 0 Å². The molecule has 0 radical (unpaired) electrons. The fraction of sp³-hybridized carbons (Fsp3) is 1.00. The fourth-order valence-corrected chi connectivity index (χ4v) is 3.81. The van der Waals surface area contributed by atoms with Crippen LogP contribution < -0.4 is 5.32 Å². The Balaban J connectivity index is 1.99. The van der Waals surface area contributed by atoms with E-state index in [0.29, 0.717) is 5.54 Å². The fourth-order valence-electron chi connectivity index (χ4n) is 3.81. The highest BCUT2D eigenvalue weighted by molar-refractivity contribution is 4.97. The molecule has 2 rings (SSSR count). The zero-order valence-corrected chi connectivity index (χ0v) is 12.0. The molecular weight excluding hydrogens is 208 g/mol. The van der Waals surface area contributed by atoms with Gasteiger partial charge >= 0.3 is 0 Å². The molecular formula is C15H30N2. The van der Waals surface area contributed by atoms with E-state index in [9.17, 15) is 0 Å². The van der Waals surface area contributed by atoms with Crippen LogP contribution in [0, 0.1) is 5.92 Å². The first-order valence-electron chi connectivity index (χ1n) is 7.66. The Bertz CT molecular complexity index is 229. The lowest BCUT2D eigenvalue weighted by Crippen LogP contribution is -2.53. The van der Waals surface area contributed by atoms with Crippen LogP contribution in [0.1, 0.15) is 59.3 Å². The molecule has 3 atom stereocenters. The maximum Gasteiger partial charge on any atom is 0.0198 e. The van der Waals surface area contributed by atoms with Crippen molar-refractivity contribution < 1.29 is 0 Å². The van der Waals surface area contributed by atoms with Crippen LogP contribution in [0.5, 0.6) is 0 Å². The molecule has 3 unspecified atom stereocenters. The summed E-state index contributed by atoms with van der Waals surface area (Å²) in [5.74, 6) is 0.923. The molecule has 2 saturated heterocycles. The quantitative estimate of drug-likeness (QED) is 0.765. The molecule has 2 fully saturated rings. The second kappa shape index (κ2) is 5.71. The first-order chi connectivity index (χ1) is 8.18. The molecule has 1 N–H and O–H groups in total. The molecule has 0 amide bonds. The standard InChI is InChI=1S/C15H30N2/c1-4-6-8-15(3,7-5-2)17-11-13-9-14(12-17)16-10-13/h13-14,16H,4-12H2,1-3H3. The summed E-state index contributed by atoms with van der Waals surface area (Å²) in [7, 11) is 0. The van der Waals surface area contributed by atoms with Crippen molar-refractivity contribution in [2.75, 3.05) is 19.6 Å². The van der Waals surface area contributed by atoms with Crippen molar-refractivity contribution >= 4 is 0 Å². The summed E-state index contributed by atoms with van der Waals surface area (Å²) in [5.41, 5.74) is 0.466. The minimum absolute atomic E-state index is 0.466. The zero-order valence-electron chi connectivity index (χ0n) is 12.0. The smallest absolute Gasteiger partial charge is 0.0198 e. The van der Waals surface area contributed by atoms with Gasteiger partial charge in [-0.25, -0.2) is 0 Å². The van der Waals surface area contributed by atoms with Gasteiger partial charge in [-0.1, -0.05) is 33.1 Å². The maximum absolute atomic E-state index is 3.68. The normalized spacial score (nSPS) is 32.6. The molecule has 0 spiro atoms. The summed E-state index contributed by atoms with van der Waals surface area (Å²) >= 11 is 0. The molecule has 2 bridgehead atoms. The van der Waals surface area contributed by atoms with Gasteiger partial charge in [0, 0.05) is 24.7 Å². The second-order valence-corrected chi connectivity index (χ2v) is 6.46.